The van der Waals surface area contributed by atoms with Crippen LogP contribution in [0, 0.1) is 5.41 Å². The fourth-order valence-electron chi connectivity index (χ4n) is 2.55. The van der Waals surface area contributed by atoms with Gasteiger partial charge >= 0.3 is 0 Å². The van der Waals surface area contributed by atoms with Crippen molar-refractivity contribution in [1.82, 2.24) is 4.72 Å². The summed E-state index contributed by atoms with van der Waals surface area (Å²) in [6, 6.07) is 4.42. The molecule has 0 radical (unpaired) electrons. The van der Waals surface area contributed by atoms with Gasteiger partial charge in [0.15, 0.2) is 0 Å². The highest BCUT2D eigenvalue weighted by molar-refractivity contribution is 7.89. The van der Waals surface area contributed by atoms with Crippen LogP contribution in [0.4, 0.5) is 5.69 Å². The van der Waals surface area contributed by atoms with Crippen molar-refractivity contribution in [2.24, 2.45) is 5.41 Å². The van der Waals surface area contributed by atoms with Crippen LogP contribution in [-0.4, -0.2) is 14.5 Å². The topological polar surface area (TPSA) is 72.2 Å². The lowest BCUT2D eigenvalue weighted by atomic mass is 9.92. The number of nitrogen functional groups attached to an aromatic ring is 1. The Labute approximate surface area is 119 Å². The van der Waals surface area contributed by atoms with Crippen molar-refractivity contribution in [3.8, 4) is 0 Å². The number of sulfonamides is 1. The third kappa shape index (κ3) is 3.41. The summed E-state index contributed by atoms with van der Waals surface area (Å²) in [5.41, 5.74) is 6.21. The van der Waals surface area contributed by atoms with E-state index in [1.807, 2.05) is 0 Å². The van der Waals surface area contributed by atoms with Gasteiger partial charge in [0.1, 0.15) is 4.90 Å². The average molecular weight is 303 g/mol. The van der Waals surface area contributed by atoms with Crippen LogP contribution in [0.5, 0.6) is 0 Å². The van der Waals surface area contributed by atoms with Crippen molar-refractivity contribution < 1.29 is 8.42 Å². The molecule has 0 heterocycles. The Morgan fingerprint density at radius 3 is 2.63 bits per heavy atom. The van der Waals surface area contributed by atoms with Crippen LogP contribution in [0.15, 0.2) is 23.1 Å². The first-order valence-electron chi connectivity index (χ1n) is 6.27. The monoisotopic (exact) mass is 302 g/mol. The molecule has 1 aromatic carbocycles. The zero-order valence-corrected chi connectivity index (χ0v) is 12.7. The molecule has 4 nitrogen and oxygen atoms in total. The molecule has 1 unspecified atom stereocenters. The van der Waals surface area contributed by atoms with E-state index in [4.69, 9.17) is 17.3 Å². The van der Waals surface area contributed by atoms with E-state index in [1.165, 1.54) is 12.1 Å². The zero-order chi connectivity index (χ0) is 14.3. The SMILES string of the molecule is CC1(C)CCC(NS(=O)(=O)c2ccc(N)cc2Cl)C1. The van der Waals surface area contributed by atoms with E-state index < -0.39 is 10.0 Å². The summed E-state index contributed by atoms with van der Waals surface area (Å²) >= 11 is 5.96. The largest absolute Gasteiger partial charge is 0.399 e. The fraction of sp³-hybridized carbons (Fsp3) is 0.538. The Kier molecular flexibility index (Phi) is 3.82. The zero-order valence-electron chi connectivity index (χ0n) is 11.1. The molecule has 1 fully saturated rings. The molecule has 0 aromatic heterocycles. The Hall–Kier alpha value is -0.780. The van der Waals surface area contributed by atoms with Gasteiger partial charge < -0.3 is 5.73 Å². The molecule has 1 aromatic rings. The van der Waals surface area contributed by atoms with Gasteiger partial charge in [-0.1, -0.05) is 25.4 Å². The maximum atomic E-state index is 12.3. The van der Waals surface area contributed by atoms with Crippen LogP contribution in [0.1, 0.15) is 33.1 Å². The average Bonchev–Trinajstić information content (AvgIpc) is 2.56. The van der Waals surface area contributed by atoms with Crippen molar-refractivity contribution in [3.63, 3.8) is 0 Å². The van der Waals surface area contributed by atoms with Crippen LogP contribution in [0.25, 0.3) is 0 Å². The Bertz CT molecular complexity index is 584. The van der Waals surface area contributed by atoms with E-state index in [-0.39, 0.29) is 21.4 Å². The number of nitrogens with one attached hydrogen (secondary N) is 1. The summed E-state index contributed by atoms with van der Waals surface area (Å²) in [7, 11) is -3.58. The number of anilines is 1. The second-order valence-corrected chi connectivity index (χ2v) is 8.00. The highest BCUT2D eigenvalue weighted by Crippen LogP contribution is 2.37. The second-order valence-electron chi connectivity index (χ2n) is 5.92. The lowest BCUT2D eigenvalue weighted by Crippen LogP contribution is -2.33. The van der Waals surface area contributed by atoms with Gasteiger partial charge in [0.25, 0.3) is 0 Å². The Morgan fingerprint density at radius 2 is 2.11 bits per heavy atom. The molecule has 1 saturated carbocycles. The third-order valence-corrected chi connectivity index (χ3v) is 5.54. The molecule has 0 spiro atoms. The van der Waals surface area contributed by atoms with Crippen LogP contribution in [0.2, 0.25) is 5.02 Å². The normalized spacial score (nSPS) is 22.6. The second kappa shape index (κ2) is 4.96. The first-order valence-corrected chi connectivity index (χ1v) is 8.13. The van der Waals surface area contributed by atoms with Crippen LogP contribution >= 0.6 is 11.6 Å². The van der Waals surface area contributed by atoms with Gasteiger partial charge in [-0.25, -0.2) is 13.1 Å². The standard InChI is InChI=1S/C13H19ClN2O2S/c1-13(2)6-5-10(8-13)16-19(17,18)12-4-3-9(15)7-11(12)14/h3-4,7,10,16H,5-6,8,15H2,1-2H3. The van der Waals surface area contributed by atoms with E-state index in [1.54, 1.807) is 6.07 Å². The first-order chi connectivity index (χ1) is 8.70. The smallest absolute Gasteiger partial charge is 0.242 e. The number of hydrogen-bond acceptors (Lipinski definition) is 3. The lowest BCUT2D eigenvalue weighted by molar-refractivity contribution is 0.372. The summed E-state index contributed by atoms with van der Waals surface area (Å²) in [5, 5.41) is 0.157. The summed E-state index contributed by atoms with van der Waals surface area (Å²) in [4.78, 5) is 0.0908. The van der Waals surface area contributed by atoms with E-state index in [2.05, 4.69) is 18.6 Å². The summed E-state index contributed by atoms with van der Waals surface area (Å²) in [5.74, 6) is 0. The predicted molar refractivity (Wildman–Crippen MR) is 77.6 cm³/mol. The van der Waals surface area contributed by atoms with Crippen molar-refractivity contribution in [2.75, 3.05) is 5.73 Å². The maximum Gasteiger partial charge on any atom is 0.242 e. The van der Waals surface area contributed by atoms with Crippen LogP contribution in [-0.2, 0) is 10.0 Å². The summed E-state index contributed by atoms with van der Waals surface area (Å²) < 4.78 is 27.3. The summed E-state index contributed by atoms with van der Waals surface area (Å²) in [6.07, 6.45) is 2.73. The third-order valence-electron chi connectivity index (χ3n) is 3.54. The molecule has 106 valence electrons. The molecule has 1 aliphatic carbocycles. The first kappa shape index (κ1) is 14.6. The molecule has 1 aliphatic rings. The van der Waals surface area contributed by atoms with Crippen molar-refractivity contribution in [3.05, 3.63) is 23.2 Å². The fourth-order valence-corrected chi connectivity index (χ4v) is 4.38. The minimum atomic E-state index is -3.58. The minimum Gasteiger partial charge on any atom is -0.399 e. The molecule has 3 N–H and O–H groups in total. The quantitative estimate of drug-likeness (QED) is 0.843. The molecular formula is C13H19ClN2O2S. The van der Waals surface area contributed by atoms with E-state index >= 15 is 0 Å². The van der Waals surface area contributed by atoms with Gasteiger partial charge in [-0.2, -0.15) is 0 Å². The van der Waals surface area contributed by atoms with Gasteiger partial charge in [-0.05, 0) is 42.9 Å². The van der Waals surface area contributed by atoms with E-state index in [0.717, 1.165) is 19.3 Å². The Balaban J connectivity index is 2.19. The van der Waals surface area contributed by atoms with Gasteiger partial charge in [0, 0.05) is 11.7 Å². The van der Waals surface area contributed by atoms with Crippen molar-refractivity contribution >= 4 is 27.3 Å². The van der Waals surface area contributed by atoms with Gasteiger partial charge in [0.05, 0.1) is 5.02 Å². The molecule has 1 atom stereocenters. The maximum absolute atomic E-state index is 12.3. The Morgan fingerprint density at radius 1 is 1.42 bits per heavy atom. The van der Waals surface area contributed by atoms with E-state index in [9.17, 15) is 8.42 Å². The highest BCUT2D eigenvalue weighted by Gasteiger charge is 2.33. The minimum absolute atomic E-state index is 0.0198. The lowest BCUT2D eigenvalue weighted by Gasteiger charge is -2.18. The van der Waals surface area contributed by atoms with Gasteiger partial charge in [0.2, 0.25) is 10.0 Å². The van der Waals surface area contributed by atoms with Gasteiger partial charge in [-0.15, -0.1) is 0 Å². The number of halogens is 1. The number of rotatable bonds is 3. The predicted octanol–water partition coefficient (Wildman–Crippen LogP) is 2.78. The molecule has 0 amide bonds. The number of benzene rings is 1. The molecule has 0 bridgehead atoms. The van der Waals surface area contributed by atoms with Gasteiger partial charge in [-0.3, -0.25) is 0 Å². The van der Waals surface area contributed by atoms with Crippen molar-refractivity contribution in [2.45, 2.75) is 44.0 Å². The van der Waals surface area contributed by atoms with Crippen LogP contribution < -0.4 is 10.5 Å². The highest BCUT2D eigenvalue weighted by atomic mass is 35.5. The molecule has 6 heteroatoms. The van der Waals surface area contributed by atoms with Crippen molar-refractivity contribution in [1.29, 1.82) is 0 Å². The van der Waals surface area contributed by atoms with Crippen LogP contribution in [0.3, 0.4) is 0 Å². The molecular weight excluding hydrogens is 284 g/mol. The molecule has 19 heavy (non-hydrogen) atoms. The summed E-state index contributed by atoms with van der Waals surface area (Å²) in [6.45, 7) is 4.30. The van der Waals surface area contributed by atoms with E-state index in [0.29, 0.717) is 5.69 Å². The molecule has 2 rings (SSSR count). The number of hydrogen-bond donors (Lipinski definition) is 2. The number of nitrogens with two attached hydrogens (primary N) is 1. The molecule has 0 aliphatic heterocycles. The molecule has 0 saturated heterocycles.